The van der Waals surface area contributed by atoms with Crippen molar-refractivity contribution in [1.82, 2.24) is 10.2 Å². The van der Waals surface area contributed by atoms with Crippen LogP contribution in [0.5, 0.6) is 0 Å². The Morgan fingerprint density at radius 2 is 1.65 bits per heavy atom. The van der Waals surface area contributed by atoms with Gasteiger partial charge in [-0.05, 0) is 61.7 Å². The molecule has 0 saturated heterocycles. The highest BCUT2D eigenvalue weighted by atomic mass is 35.5. The van der Waals surface area contributed by atoms with E-state index in [2.05, 4.69) is 5.32 Å². The molecule has 3 aromatic rings. The van der Waals surface area contributed by atoms with Gasteiger partial charge in [-0.3, -0.25) is 13.9 Å². The number of benzene rings is 3. The van der Waals surface area contributed by atoms with E-state index in [9.17, 15) is 22.4 Å². The molecule has 1 aliphatic rings. The summed E-state index contributed by atoms with van der Waals surface area (Å²) in [5.41, 5.74) is 0.406. The molecule has 1 unspecified atom stereocenters. The van der Waals surface area contributed by atoms with Crippen LogP contribution in [-0.4, -0.2) is 43.8 Å². The zero-order valence-electron chi connectivity index (χ0n) is 22.3. The average molecular weight is 586 g/mol. The molecule has 0 heterocycles. The van der Waals surface area contributed by atoms with E-state index in [4.69, 9.17) is 11.6 Å². The quantitative estimate of drug-likeness (QED) is 0.338. The molecule has 0 spiro atoms. The van der Waals surface area contributed by atoms with Crippen LogP contribution in [0.4, 0.5) is 10.1 Å². The molecule has 212 valence electrons. The first kappa shape index (κ1) is 29.6. The number of carbonyl (C=O) groups is 2. The van der Waals surface area contributed by atoms with E-state index in [0.29, 0.717) is 10.6 Å². The lowest BCUT2D eigenvalue weighted by Crippen LogP contribution is -2.53. The summed E-state index contributed by atoms with van der Waals surface area (Å²) in [6, 6.07) is 18.9. The number of amides is 2. The number of anilines is 1. The Bertz CT molecular complexity index is 1430. The van der Waals surface area contributed by atoms with Crippen LogP contribution in [0.1, 0.15) is 44.6 Å². The maximum absolute atomic E-state index is 15.0. The highest BCUT2D eigenvalue weighted by Crippen LogP contribution is 2.27. The normalized spacial score (nSPS) is 14.8. The molecule has 7 nitrogen and oxygen atoms in total. The molecule has 0 radical (unpaired) electrons. The van der Waals surface area contributed by atoms with Crippen LogP contribution in [0.2, 0.25) is 5.02 Å². The van der Waals surface area contributed by atoms with E-state index in [1.54, 1.807) is 49.4 Å². The first-order valence-corrected chi connectivity index (χ1v) is 15.1. The zero-order chi connectivity index (χ0) is 28.7. The van der Waals surface area contributed by atoms with Crippen molar-refractivity contribution >= 4 is 39.1 Å². The van der Waals surface area contributed by atoms with Gasteiger partial charge in [0.15, 0.2) is 0 Å². The van der Waals surface area contributed by atoms with Gasteiger partial charge in [-0.25, -0.2) is 12.8 Å². The van der Waals surface area contributed by atoms with Crippen LogP contribution in [0, 0.1) is 5.82 Å². The smallest absolute Gasteiger partial charge is 0.264 e. The third kappa shape index (κ3) is 7.20. The Morgan fingerprint density at radius 1 is 0.975 bits per heavy atom. The van der Waals surface area contributed by atoms with Crippen LogP contribution in [0.3, 0.4) is 0 Å². The van der Waals surface area contributed by atoms with Crippen molar-refractivity contribution in [2.75, 3.05) is 10.8 Å². The predicted octanol–water partition coefficient (Wildman–Crippen LogP) is 5.54. The molecule has 1 fully saturated rings. The Hall–Kier alpha value is -3.43. The monoisotopic (exact) mass is 585 g/mol. The fourth-order valence-electron chi connectivity index (χ4n) is 4.87. The van der Waals surface area contributed by atoms with Gasteiger partial charge in [-0.2, -0.15) is 0 Å². The van der Waals surface area contributed by atoms with Gasteiger partial charge in [-0.1, -0.05) is 73.3 Å². The van der Waals surface area contributed by atoms with E-state index in [0.717, 1.165) is 42.5 Å². The molecule has 1 aliphatic carbocycles. The van der Waals surface area contributed by atoms with Gasteiger partial charge in [0.1, 0.15) is 18.4 Å². The summed E-state index contributed by atoms with van der Waals surface area (Å²) in [6.07, 6.45) is 4.93. The van der Waals surface area contributed by atoms with Crippen molar-refractivity contribution in [3.05, 3.63) is 95.3 Å². The van der Waals surface area contributed by atoms with Gasteiger partial charge in [0.05, 0.1) is 10.6 Å². The average Bonchev–Trinajstić information content (AvgIpc) is 2.95. The molecule has 3 aromatic carbocycles. The summed E-state index contributed by atoms with van der Waals surface area (Å²) < 4.78 is 43.1. The molecule has 2 amide bonds. The second-order valence-electron chi connectivity index (χ2n) is 9.95. The van der Waals surface area contributed by atoms with Gasteiger partial charge in [0, 0.05) is 17.6 Å². The SMILES string of the molecule is CC(C(=O)NC1CCCCC1)N(Cc1cccc(Cl)c1)C(=O)CN(c1ccccc1F)S(=O)(=O)c1ccccc1. The largest absolute Gasteiger partial charge is 0.352 e. The Labute approximate surface area is 240 Å². The summed E-state index contributed by atoms with van der Waals surface area (Å²) in [5, 5.41) is 3.51. The second-order valence-corrected chi connectivity index (χ2v) is 12.2. The molecule has 0 bridgehead atoms. The van der Waals surface area contributed by atoms with Crippen molar-refractivity contribution in [3.8, 4) is 0 Å². The minimum Gasteiger partial charge on any atom is -0.352 e. The molecule has 40 heavy (non-hydrogen) atoms. The highest BCUT2D eigenvalue weighted by molar-refractivity contribution is 7.92. The topological polar surface area (TPSA) is 86.8 Å². The fourth-order valence-corrected chi connectivity index (χ4v) is 6.53. The van der Waals surface area contributed by atoms with Crippen molar-refractivity contribution < 1.29 is 22.4 Å². The number of para-hydroxylation sites is 1. The predicted molar refractivity (Wildman–Crippen MR) is 154 cm³/mol. The summed E-state index contributed by atoms with van der Waals surface area (Å²) in [6.45, 7) is 0.911. The van der Waals surface area contributed by atoms with Gasteiger partial charge < -0.3 is 10.2 Å². The van der Waals surface area contributed by atoms with Crippen LogP contribution >= 0.6 is 11.6 Å². The minimum absolute atomic E-state index is 0.00907. The van der Waals surface area contributed by atoms with Crippen LogP contribution in [0.15, 0.2) is 83.8 Å². The van der Waals surface area contributed by atoms with Crippen molar-refractivity contribution in [1.29, 1.82) is 0 Å². The van der Waals surface area contributed by atoms with Gasteiger partial charge >= 0.3 is 0 Å². The van der Waals surface area contributed by atoms with Gasteiger partial charge in [0.25, 0.3) is 10.0 Å². The molecule has 0 aliphatic heterocycles. The highest BCUT2D eigenvalue weighted by Gasteiger charge is 2.34. The molecule has 1 N–H and O–H groups in total. The Balaban J connectivity index is 1.68. The first-order chi connectivity index (χ1) is 19.2. The van der Waals surface area contributed by atoms with Gasteiger partial charge in [-0.15, -0.1) is 0 Å². The molecule has 1 saturated carbocycles. The molecular weight excluding hydrogens is 553 g/mol. The van der Waals surface area contributed by atoms with Crippen LogP contribution in [0.25, 0.3) is 0 Å². The summed E-state index contributed by atoms with van der Waals surface area (Å²) in [4.78, 5) is 28.5. The van der Waals surface area contributed by atoms with Crippen molar-refractivity contribution in [3.63, 3.8) is 0 Å². The lowest BCUT2D eigenvalue weighted by molar-refractivity contribution is -0.139. The van der Waals surface area contributed by atoms with E-state index in [1.165, 1.54) is 35.2 Å². The minimum atomic E-state index is -4.33. The standard InChI is InChI=1S/C30H33ClFN3O4S/c1-22(30(37)33-25-13-4-2-5-14-25)34(20-23-11-10-12-24(31)19-23)29(36)21-35(28-18-9-8-17-27(28)32)40(38,39)26-15-6-3-7-16-26/h3,6-12,15-19,22,25H,2,4-5,13-14,20-21H2,1H3,(H,33,37). The van der Waals surface area contributed by atoms with Crippen LogP contribution < -0.4 is 9.62 Å². The molecule has 4 rings (SSSR count). The number of carbonyl (C=O) groups excluding carboxylic acids is 2. The van der Waals surface area contributed by atoms with E-state index in [-0.39, 0.29) is 29.1 Å². The zero-order valence-corrected chi connectivity index (χ0v) is 23.9. The molecule has 0 aromatic heterocycles. The third-order valence-electron chi connectivity index (χ3n) is 7.09. The van der Waals surface area contributed by atoms with E-state index >= 15 is 0 Å². The van der Waals surface area contributed by atoms with Gasteiger partial charge in [0.2, 0.25) is 11.8 Å². The van der Waals surface area contributed by atoms with Crippen LogP contribution in [-0.2, 0) is 26.2 Å². The molecule has 10 heteroatoms. The lowest BCUT2D eigenvalue weighted by atomic mass is 9.95. The van der Waals surface area contributed by atoms with Crippen molar-refractivity contribution in [2.45, 2.75) is 62.6 Å². The maximum atomic E-state index is 15.0. The fraction of sp³-hybridized carbons (Fsp3) is 0.333. The summed E-state index contributed by atoms with van der Waals surface area (Å²) >= 11 is 6.18. The molecule has 1 atom stereocenters. The number of nitrogens with one attached hydrogen (secondary N) is 1. The number of hydrogen-bond acceptors (Lipinski definition) is 4. The van der Waals surface area contributed by atoms with E-state index in [1.807, 2.05) is 0 Å². The number of hydrogen-bond donors (Lipinski definition) is 1. The third-order valence-corrected chi connectivity index (χ3v) is 9.10. The number of halogens is 2. The number of sulfonamides is 1. The maximum Gasteiger partial charge on any atom is 0.264 e. The molecular formula is C30H33ClFN3O4S. The summed E-state index contributed by atoms with van der Waals surface area (Å²) in [7, 11) is -4.33. The number of rotatable bonds is 10. The first-order valence-electron chi connectivity index (χ1n) is 13.3. The lowest BCUT2D eigenvalue weighted by Gasteiger charge is -2.33. The van der Waals surface area contributed by atoms with E-state index < -0.39 is 34.3 Å². The van der Waals surface area contributed by atoms with Crippen molar-refractivity contribution in [2.24, 2.45) is 0 Å². The Kier molecular flexibility index (Phi) is 9.81. The Morgan fingerprint density at radius 3 is 2.33 bits per heavy atom. The number of nitrogens with zero attached hydrogens (tertiary/aromatic N) is 2. The summed E-state index contributed by atoms with van der Waals surface area (Å²) in [5.74, 6) is -1.78. The second kappa shape index (κ2) is 13.3.